The molecule has 0 radical (unpaired) electrons. The number of amides is 1. The third-order valence-corrected chi connectivity index (χ3v) is 9.87. The van der Waals surface area contributed by atoms with Crippen LogP contribution in [0, 0.1) is 0 Å². The van der Waals surface area contributed by atoms with Crippen LogP contribution in [0.4, 0.5) is 5.13 Å². The molecular weight excluding hydrogens is 530 g/mol. The molecule has 1 aliphatic rings. The van der Waals surface area contributed by atoms with Gasteiger partial charge in [-0.1, -0.05) is 67.6 Å². The zero-order valence-electron chi connectivity index (χ0n) is 22.4. The fourth-order valence-electron chi connectivity index (χ4n) is 4.81. The quantitative estimate of drug-likeness (QED) is 0.247. The maximum absolute atomic E-state index is 13.8. The molecule has 9 heteroatoms. The van der Waals surface area contributed by atoms with E-state index in [4.69, 9.17) is 9.72 Å². The van der Waals surface area contributed by atoms with Crippen molar-refractivity contribution < 1.29 is 17.9 Å². The Morgan fingerprint density at radius 3 is 2.46 bits per heavy atom. The van der Waals surface area contributed by atoms with Crippen LogP contribution >= 0.6 is 11.3 Å². The normalized spacial score (nSPS) is 15.9. The average molecular weight is 564 g/mol. The highest BCUT2D eigenvalue weighted by Crippen LogP contribution is 2.35. The Labute approximate surface area is 234 Å². The monoisotopic (exact) mass is 563 g/mol. The van der Waals surface area contributed by atoms with Gasteiger partial charge in [-0.15, -0.1) is 0 Å². The lowest BCUT2D eigenvalue weighted by molar-refractivity contribution is 0.0917. The molecule has 1 aliphatic heterocycles. The third kappa shape index (κ3) is 5.91. The van der Waals surface area contributed by atoms with Crippen LogP contribution in [-0.2, 0) is 21.3 Å². The van der Waals surface area contributed by atoms with Crippen molar-refractivity contribution >= 4 is 42.6 Å². The first-order valence-electron chi connectivity index (χ1n) is 13.2. The number of hydrogen-bond donors (Lipinski definition) is 0. The predicted molar refractivity (Wildman–Crippen MR) is 156 cm³/mol. The number of ether oxygens (including phenoxy) is 1. The second kappa shape index (κ2) is 11.6. The second-order valence-corrected chi connectivity index (χ2v) is 13.2. The van der Waals surface area contributed by atoms with Gasteiger partial charge in [-0.2, -0.15) is 4.31 Å². The number of thiazole rings is 1. The van der Waals surface area contributed by atoms with E-state index in [2.05, 4.69) is 19.9 Å². The number of carbonyl (C=O) groups is 1. The van der Waals surface area contributed by atoms with Gasteiger partial charge >= 0.3 is 0 Å². The van der Waals surface area contributed by atoms with Crippen molar-refractivity contribution in [3.63, 3.8) is 0 Å². The van der Waals surface area contributed by atoms with Gasteiger partial charge in [-0.3, -0.25) is 9.69 Å². The third-order valence-electron chi connectivity index (χ3n) is 7.00. The summed E-state index contributed by atoms with van der Waals surface area (Å²) in [7, 11) is -2.16. The summed E-state index contributed by atoms with van der Waals surface area (Å²) in [4.78, 5) is 20.6. The van der Waals surface area contributed by atoms with E-state index in [1.807, 2.05) is 42.5 Å². The minimum absolute atomic E-state index is 0.0585. The standard InChI is InChI=1S/C30H33N3O4S2/c1-21(2)26-12-7-13-27-28(26)31-30(38-27)33(20-24-11-8-18-37-24)29(34)23-14-16-25(17-15-23)39(35,36)32(3)19-22-9-5-4-6-10-22/h4-7,9-10,12-17,21,24H,8,11,18-20H2,1-3H3. The zero-order valence-corrected chi connectivity index (χ0v) is 24.0. The molecule has 0 aliphatic carbocycles. The molecule has 0 spiro atoms. The summed E-state index contributed by atoms with van der Waals surface area (Å²) in [6, 6.07) is 21.8. The fraction of sp³-hybridized carbons (Fsp3) is 0.333. The molecule has 1 saturated heterocycles. The molecule has 5 rings (SSSR count). The van der Waals surface area contributed by atoms with Crippen LogP contribution in [-0.4, -0.2) is 49.9 Å². The lowest BCUT2D eigenvalue weighted by atomic mass is 10.0. The van der Waals surface area contributed by atoms with Crippen molar-refractivity contribution in [2.45, 2.75) is 50.2 Å². The van der Waals surface area contributed by atoms with Crippen molar-refractivity contribution in [1.82, 2.24) is 9.29 Å². The number of para-hydroxylation sites is 1. The number of hydrogen-bond acceptors (Lipinski definition) is 6. The molecule has 3 aromatic carbocycles. The summed E-state index contributed by atoms with van der Waals surface area (Å²) >= 11 is 1.49. The van der Waals surface area contributed by atoms with E-state index >= 15 is 0 Å². The molecule has 7 nitrogen and oxygen atoms in total. The summed E-state index contributed by atoms with van der Waals surface area (Å²) in [5.74, 6) is 0.0812. The number of aromatic nitrogens is 1. The Kier molecular flexibility index (Phi) is 8.13. The van der Waals surface area contributed by atoms with Gasteiger partial charge in [0, 0.05) is 25.8 Å². The number of nitrogens with zero attached hydrogens (tertiary/aromatic N) is 3. The van der Waals surface area contributed by atoms with Crippen molar-refractivity contribution in [3.8, 4) is 0 Å². The number of rotatable bonds is 9. The van der Waals surface area contributed by atoms with Gasteiger partial charge in [0.05, 0.1) is 27.8 Å². The highest BCUT2D eigenvalue weighted by molar-refractivity contribution is 7.89. The molecule has 1 unspecified atom stereocenters. The maximum Gasteiger partial charge on any atom is 0.260 e. The fourth-order valence-corrected chi connectivity index (χ4v) is 6.98. The minimum Gasteiger partial charge on any atom is -0.376 e. The summed E-state index contributed by atoms with van der Waals surface area (Å²) in [5, 5.41) is 0.623. The molecule has 1 amide bonds. The van der Waals surface area contributed by atoms with Gasteiger partial charge in [0.15, 0.2) is 5.13 Å². The van der Waals surface area contributed by atoms with Gasteiger partial charge < -0.3 is 4.74 Å². The molecule has 1 aromatic heterocycles. The van der Waals surface area contributed by atoms with E-state index in [0.717, 1.165) is 34.2 Å². The second-order valence-electron chi connectivity index (χ2n) is 10.2. The minimum atomic E-state index is -3.72. The Morgan fingerprint density at radius 1 is 1.05 bits per heavy atom. The molecule has 204 valence electrons. The lowest BCUT2D eigenvalue weighted by Gasteiger charge is -2.23. The van der Waals surface area contributed by atoms with Crippen molar-refractivity contribution in [2.75, 3.05) is 25.1 Å². The van der Waals surface area contributed by atoms with Gasteiger partial charge in [-0.05, 0) is 60.2 Å². The van der Waals surface area contributed by atoms with Gasteiger partial charge in [0.2, 0.25) is 10.0 Å². The number of sulfonamides is 1. The molecule has 2 heterocycles. The van der Waals surface area contributed by atoms with Crippen LogP contribution in [0.5, 0.6) is 0 Å². The van der Waals surface area contributed by atoms with Crippen LogP contribution in [0.15, 0.2) is 77.7 Å². The van der Waals surface area contributed by atoms with E-state index in [1.165, 1.54) is 27.8 Å². The van der Waals surface area contributed by atoms with E-state index in [-0.39, 0.29) is 23.5 Å². The SMILES string of the molecule is CC(C)c1cccc2sc(N(CC3CCCO3)C(=O)c3ccc(S(=O)(=O)N(C)Cc4ccccc4)cc3)nc12. The Hall–Kier alpha value is -3.11. The highest BCUT2D eigenvalue weighted by atomic mass is 32.2. The molecule has 0 N–H and O–H groups in total. The van der Waals surface area contributed by atoms with Gasteiger partial charge in [0.25, 0.3) is 5.91 Å². The maximum atomic E-state index is 13.8. The summed E-state index contributed by atoms with van der Waals surface area (Å²) < 4.78 is 34.6. The van der Waals surface area contributed by atoms with E-state index < -0.39 is 10.0 Å². The zero-order chi connectivity index (χ0) is 27.6. The first-order chi connectivity index (χ1) is 18.7. The van der Waals surface area contributed by atoms with Gasteiger partial charge in [0.1, 0.15) is 0 Å². The van der Waals surface area contributed by atoms with Crippen molar-refractivity contribution in [3.05, 3.63) is 89.5 Å². The van der Waals surface area contributed by atoms with E-state index in [0.29, 0.717) is 29.8 Å². The smallest absolute Gasteiger partial charge is 0.260 e. The highest BCUT2D eigenvalue weighted by Gasteiger charge is 2.28. The predicted octanol–water partition coefficient (Wildman–Crippen LogP) is 6.07. The molecule has 4 aromatic rings. The van der Waals surface area contributed by atoms with Crippen LogP contribution < -0.4 is 4.90 Å². The molecule has 0 saturated carbocycles. The first-order valence-corrected chi connectivity index (χ1v) is 15.4. The molecule has 39 heavy (non-hydrogen) atoms. The average Bonchev–Trinajstić information content (AvgIpc) is 3.61. The lowest BCUT2D eigenvalue weighted by Crippen LogP contribution is -2.37. The van der Waals surface area contributed by atoms with Crippen LogP contribution in [0.1, 0.15) is 54.1 Å². The number of anilines is 1. The van der Waals surface area contributed by atoms with Crippen LogP contribution in [0.2, 0.25) is 0 Å². The summed E-state index contributed by atoms with van der Waals surface area (Å²) in [5.41, 5.74) is 3.37. The number of fused-ring (bicyclic) bond motifs is 1. The van der Waals surface area contributed by atoms with Crippen LogP contribution in [0.3, 0.4) is 0 Å². The summed E-state index contributed by atoms with van der Waals surface area (Å²) in [6.07, 6.45) is 1.79. The Balaban J connectivity index is 1.42. The van der Waals surface area contributed by atoms with Crippen molar-refractivity contribution in [1.29, 1.82) is 0 Å². The molecule has 1 fully saturated rings. The molecule has 0 bridgehead atoms. The van der Waals surface area contributed by atoms with Crippen LogP contribution in [0.25, 0.3) is 10.2 Å². The Morgan fingerprint density at radius 2 is 1.79 bits per heavy atom. The topological polar surface area (TPSA) is 79.8 Å². The first kappa shape index (κ1) is 27.5. The van der Waals surface area contributed by atoms with E-state index in [9.17, 15) is 13.2 Å². The Bertz CT molecular complexity index is 1540. The molecule has 1 atom stereocenters. The van der Waals surface area contributed by atoms with Gasteiger partial charge in [-0.25, -0.2) is 13.4 Å². The van der Waals surface area contributed by atoms with E-state index in [1.54, 1.807) is 24.1 Å². The molecular formula is C30H33N3O4S2. The van der Waals surface area contributed by atoms with Crippen molar-refractivity contribution in [2.24, 2.45) is 0 Å². The summed E-state index contributed by atoms with van der Waals surface area (Å²) in [6.45, 7) is 5.61. The number of benzene rings is 3. The largest absolute Gasteiger partial charge is 0.376 e. The number of carbonyl (C=O) groups excluding carboxylic acids is 1.